The van der Waals surface area contributed by atoms with Gasteiger partial charge in [-0.05, 0) is 54.4 Å². The van der Waals surface area contributed by atoms with E-state index in [1.54, 1.807) is 0 Å². The van der Waals surface area contributed by atoms with E-state index in [1.165, 1.54) is 11.1 Å². The molecule has 0 amide bonds. The number of aliphatic hydroxyl groups excluding tert-OH is 1. The Bertz CT molecular complexity index is 1000. The van der Waals surface area contributed by atoms with Gasteiger partial charge in [-0.25, -0.2) is 4.99 Å². The zero-order valence-corrected chi connectivity index (χ0v) is 17.9. The first-order valence-electron chi connectivity index (χ1n) is 9.80. The molecule has 1 atom stereocenters. The molecule has 0 saturated carbocycles. The number of halogens is 1. The van der Waals surface area contributed by atoms with E-state index in [1.807, 2.05) is 19.2 Å². The van der Waals surface area contributed by atoms with Gasteiger partial charge in [0.25, 0.3) is 0 Å². The van der Waals surface area contributed by atoms with Crippen molar-refractivity contribution in [3.63, 3.8) is 0 Å². The third-order valence-electron chi connectivity index (χ3n) is 5.20. The van der Waals surface area contributed by atoms with Gasteiger partial charge < -0.3 is 15.3 Å². The molecule has 5 heteroatoms. The fraction of sp³-hybridized carbons (Fsp3) is 0.208. The Morgan fingerprint density at radius 3 is 2.48 bits per heavy atom. The zero-order chi connectivity index (χ0) is 20.2. The number of hydrogen-bond acceptors (Lipinski definition) is 4. The van der Waals surface area contributed by atoms with Crippen molar-refractivity contribution < 1.29 is 5.11 Å². The minimum absolute atomic E-state index is 0.0340. The smallest absolute Gasteiger partial charge is 0.137 e. The molecule has 1 aliphatic rings. The third-order valence-corrected chi connectivity index (χ3v) is 5.69. The van der Waals surface area contributed by atoms with Crippen LogP contribution in [0.4, 0.5) is 11.4 Å². The lowest BCUT2D eigenvalue weighted by atomic mass is 9.92. The van der Waals surface area contributed by atoms with Gasteiger partial charge in [-0.3, -0.25) is 0 Å². The van der Waals surface area contributed by atoms with Gasteiger partial charge in [-0.1, -0.05) is 46.3 Å². The number of anilines is 1. The highest BCUT2D eigenvalue weighted by Crippen LogP contribution is 2.41. The van der Waals surface area contributed by atoms with Crippen LogP contribution in [0.2, 0.25) is 0 Å². The first kappa shape index (κ1) is 19.7. The Morgan fingerprint density at radius 2 is 1.79 bits per heavy atom. The molecule has 148 valence electrons. The van der Waals surface area contributed by atoms with Gasteiger partial charge >= 0.3 is 0 Å². The number of aliphatic hydroxyl groups is 1. The van der Waals surface area contributed by atoms with Crippen molar-refractivity contribution in [1.29, 1.82) is 0 Å². The molecule has 0 fully saturated rings. The molecule has 0 aromatic heterocycles. The number of rotatable bonds is 6. The van der Waals surface area contributed by atoms with E-state index in [9.17, 15) is 5.11 Å². The second-order valence-corrected chi connectivity index (χ2v) is 7.97. The van der Waals surface area contributed by atoms with Gasteiger partial charge in [0.1, 0.15) is 5.84 Å². The Balaban J connectivity index is 1.89. The van der Waals surface area contributed by atoms with Gasteiger partial charge in [-0.15, -0.1) is 0 Å². The molecule has 3 aromatic rings. The SMILES string of the molecule is CNc1ccc(C2=Nc3ccc(Br)cc3C(c3ccccc3)N2CCCO)cc1. The summed E-state index contributed by atoms with van der Waals surface area (Å²) >= 11 is 3.63. The Labute approximate surface area is 180 Å². The molecule has 0 bridgehead atoms. The summed E-state index contributed by atoms with van der Waals surface area (Å²) in [6.07, 6.45) is 0.681. The number of benzene rings is 3. The van der Waals surface area contributed by atoms with E-state index in [4.69, 9.17) is 4.99 Å². The maximum Gasteiger partial charge on any atom is 0.137 e. The molecule has 1 aliphatic heterocycles. The molecule has 3 aromatic carbocycles. The van der Waals surface area contributed by atoms with E-state index in [2.05, 4.69) is 86.8 Å². The number of hydrogen-bond donors (Lipinski definition) is 2. The van der Waals surface area contributed by atoms with Crippen LogP contribution in [0.25, 0.3) is 0 Å². The monoisotopic (exact) mass is 449 g/mol. The molecule has 0 spiro atoms. The highest BCUT2D eigenvalue weighted by Gasteiger charge is 2.31. The van der Waals surface area contributed by atoms with Crippen molar-refractivity contribution in [2.45, 2.75) is 12.5 Å². The highest BCUT2D eigenvalue weighted by molar-refractivity contribution is 9.10. The second-order valence-electron chi connectivity index (χ2n) is 7.05. The van der Waals surface area contributed by atoms with E-state index >= 15 is 0 Å². The summed E-state index contributed by atoms with van der Waals surface area (Å²) in [5, 5.41) is 12.7. The Morgan fingerprint density at radius 1 is 1.03 bits per heavy atom. The molecule has 0 saturated heterocycles. The fourth-order valence-electron chi connectivity index (χ4n) is 3.80. The topological polar surface area (TPSA) is 47.9 Å². The van der Waals surface area contributed by atoms with Gasteiger partial charge in [-0.2, -0.15) is 0 Å². The predicted molar refractivity (Wildman–Crippen MR) is 123 cm³/mol. The fourth-order valence-corrected chi connectivity index (χ4v) is 4.18. The van der Waals surface area contributed by atoms with Crippen molar-refractivity contribution >= 4 is 33.1 Å². The first-order valence-corrected chi connectivity index (χ1v) is 10.6. The largest absolute Gasteiger partial charge is 0.396 e. The van der Waals surface area contributed by atoms with Crippen molar-refractivity contribution in [2.24, 2.45) is 4.99 Å². The minimum Gasteiger partial charge on any atom is -0.396 e. The molecule has 4 nitrogen and oxygen atoms in total. The number of aliphatic imine (C=N–C) groups is 1. The van der Waals surface area contributed by atoms with Crippen LogP contribution in [0.5, 0.6) is 0 Å². The van der Waals surface area contributed by atoms with Crippen LogP contribution in [-0.4, -0.2) is 36.0 Å². The van der Waals surface area contributed by atoms with Crippen LogP contribution in [0.15, 0.2) is 82.3 Å². The molecule has 1 heterocycles. The van der Waals surface area contributed by atoms with Crippen LogP contribution in [0.1, 0.15) is 29.2 Å². The van der Waals surface area contributed by atoms with E-state index in [0.717, 1.165) is 27.2 Å². The molecule has 0 aliphatic carbocycles. The number of nitrogens with one attached hydrogen (secondary N) is 1. The summed E-state index contributed by atoms with van der Waals surface area (Å²) in [5.74, 6) is 0.935. The van der Waals surface area contributed by atoms with Crippen LogP contribution in [-0.2, 0) is 0 Å². The number of amidine groups is 1. The first-order chi connectivity index (χ1) is 14.2. The van der Waals surface area contributed by atoms with Crippen molar-refractivity contribution in [3.05, 3.63) is 94.0 Å². The summed E-state index contributed by atoms with van der Waals surface area (Å²) in [5.41, 5.74) is 5.49. The summed E-state index contributed by atoms with van der Waals surface area (Å²) in [4.78, 5) is 7.36. The summed E-state index contributed by atoms with van der Waals surface area (Å²) < 4.78 is 1.04. The molecule has 0 radical (unpaired) electrons. The minimum atomic E-state index is 0.0340. The van der Waals surface area contributed by atoms with Gasteiger partial charge in [0.05, 0.1) is 11.7 Å². The average molecular weight is 450 g/mol. The zero-order valence-electron chi connectivity index (χ0n) is 16.3. The van der Waals surface area contributed by atoms with Gasteiger partial charge in [0.15, 0.2) is 0 Å². The Hall–Kier alpha value is -2.63. The van der Waals surface area contributed by atoms with Crippen molar-refractivity contribution in [2.75, 3.05) is 25.5 Å². The predicted octanol–water partition coefficient (Wildman–Crippen LogP) is 5.36. The molecule has 4 rings (SSSR count). The standard InChI is InChI=1S/C24H24BrN3O/c1-26-20-11-8-18(9-12-20)24-27-22-13-10-19(25)16-21(22)23(28(24)14-5-15-29)17-6-3-2-4-7-17/h2-4,6-13,16,23,26,29H,5,14-15H2,1H3. The van der Waals surface area contributed by atoms with Crippen LogP contribution in [0, 0.1) is 0 Å². The van der Waals surface area contributed by atoms with Crippen LogP contribution >= 0.6 is 15.9 Å². The van der Waals surface area contributed by atoms with Gasteiger partial charge in [0.2, 0.25) is 0 Å². The molecular weight excluding hydrogens is 426 g/mol. The summed E-state index contributed by atoms with van der Waals surface area (Å²) in [6, 6.07) is 25.1. The van der Waals surface area contributed by atoms with Crippen LogP contribution < -0.4 is 5.32 Å². The lowest BCUT2D eigenvalue weighted by molar-refractivity contribution is 0.254. The second kappa shape index (κ2) is 8.80. The summed E-state index contributed by atoms with van der Waals surface area (Å²) in [6.45, 7) is 0.865. The number of nitrogens with zero attached hydrogens (tertiary/aromatic N) is 2. The van der Waals surface area contributed by atoms with E-state index < -0.39 is 0 Å². The summed E-state index contributed by atoms with van der Waals surface area (Å²) in [7, 11) is 1.92. The molecule has 2 N–H and O–H groups in total. The van der Waals surface area contributed by atoms with Gasteiger partial charge in [0, 0.05) is 41.5 Å². The quantitative estimate of drug-likeness (QED) is 0.532. The maximum atomic E-state index is 9.54. The maximum absolute atomic E-state index is 9.54. The van der Waals surface area contributed by atoms with Crippen molar-refractivity contribution in [1.82, 2.24) is 4.90 Å². The van der Waals surface area contributed by atoms with Crippen molar-refractivity contribution in [3.8, 4) is 0 Å². The molecule has 29 heavy (non-hydrogen) atoms. The lowest BCUT2D eigenvalue weighted by Gasteiger charge is -2.39. The average Bonchev–Trinajstić information content (AvgIpc) is 2.77. The Kier molecular flexibility index (Phi) is 5.97. The lowest BCUT2D eigenvalue weighted by Crippen LogP contribution is -2.39. The van der Waals surface area contributed by atoms with E-state index in [-0.39, 0.29) is 12.6 Å². The number of fused-ring (bicyclic) bond motifs is 1. The van der Waals surface area contributed by atoms with E-state index in [0.29, 0.717) is 13.0 Å². The third kappa shape index (κ3) is 4.07. The molecule has 1 unspecified atom stereocenters. The highest BCUT2D eigenvalue weighted by atomic mass is 79.9. The van der Waals surface area contributed by atoms with Crippen LogP contribution in [0.3, 0.4) is 0 Å². The normalized spacial score (nSPS) is 15.6. The molecular formula is C24H24BrN3O.